The molecule has 2 aromatic carbocycles. The number of carbonyl (C=O) groups is 1. The molecule has 3 aromatic rings. The molecule has 0 bridgehead atoms. The van der Waals surface area contributed by atoms with Gasteiger partial charge < -0.3 is 21.1 Å². The van der Waals surface area contributed by atoms with Crippen LogP contribution in [0.4, 0.5) is 23.2 Å². The first-order chi connectivity index (χ1) is 17.7. The number of alkyl halides is 3. The summed E-state index contributed by atoms with van der Waals surface area (Å²) in [6.07, 6.45) is 1.94. The van der Waals surface area contributed by atoms with Gasteiger partial charge in [-0.15, -0.1) is 0 Å². The summed E-state index contributed by atoms with van der Waals surface area (Å²) in [6, 6.07) is 11.0. The van der Waals surface area contributed by atoms with Gasteiger partial charge in [-0.2, -0.15) is 13.2 Å². The Labute approximate surface area is 208 Å². The van der Waals surface area contributed by atoms with Crippen LogP contribution < -0.4 is 10.6 Å². The fourth-order valence-corrected chi connectivity index (χ4v) is 3.53. The quantitative estimate of drug-likeness (QED) is 0.355. The van der Waals surface area contributed by atoms with Crippen LogP contribution in [0.3, 0.4) is 0 Å². The van der Waals surface area contributed by atoms with E-state index in [9.17, 15) is 27.5 Å². The molecule has 0 atom stereocenters. The number of hydrogen-bond acceptors (Lipinski definition) is 6. The number of allylic oxidation sites excluding steroid dienone is 3. The van der Waals surface area contributed by atoms with Crippen molar-refractivity contribution >= 4 is 17.3 Å². The molecule has 7 nitrogen and oxygen atoms in total. The Hall–Kier alpha value is -4.64. The molecule has 1 heterocycles. The van der Waals surface area contributed by atoms with Crippen LogP contribution in [-0.2, 0) is 6.18 Å². The van der Waals surface area contributed by atoms with Gasteiger partial charge in [0.15, 0.2) is 5.82 Å². The summed E-state index contributed by atoms with van der Waals surface area (Å²) in [5.41, 5.74) is -1.44. The topological polar surface area (TPSA) is 111 Å². The van der Waals surface area contributed by atoms with E-state index in [4.69, 9.17) is 5.41 Å². The van der Waals surface area contributed by atoms with Crippen LogP contribution in [0.5, 0.6) is 0 Å². The van der Waals surface area contributed by atoms with Gasteiger partial charge >= 0.3 is 6.18 Å². The van der Waals surface area contributed by atoms with Crippen molar-refractivity contribution in [3.8, 4) is 11.4 Å². The van der Waals surface area contributed by atoms with Gasteiger partial charge in [0.2, 0.25) is 0 Å². The molecule has 0 spiro atoms. The lowest BCUT2D eigenvalue weighted by molar-refractivity contribution is -0.137. The van der Waals surface area contributed by atoms with Crippen LogP contribution in [0.1, 0.15) is 15.9 Å². The SMILES string of the molecule is N=C1C=C(CO)C=C/C1=C(\NC(=O)c1cc(-c2ncccn2)c(C(F)(F)F)cc1F)Nc1ccccc1. The van der Waals surface area contributed by atoms with E-state index in [0.29, 0.717) is 11.3 Å². The van der Waals surface area contributed by atoms with E-state index < -0.39 is 34.6 Å². The number of nitrogens with zero attached hydrogens (tertiary/aromatic N) is 2. The first kappa shape index (κ1) is 25.5. The molecule has 4 rings (SSSR count). The number of aliphatic hydroxyl groups is 1. The largest absolute Gasteiger partial charge is 0.417 e. The van der Waals surface area contributed by atoms with E-state index in [1.807, 2.05) is 0 Å². The number of halogens is 4. The minimum Gasteiger partial charge on any atom is -0.392 e. The maximum absolute atomic E-state index is 14.9. The van der Waals surface area contributed by atoms with Crippen LogP contribution in [0.15, 0.2) is 96.1 Å². The van der Waals surface area contributed by atoms with Gasteiger partial charge in [0.05, 0.1) is 23.4 Å². The molecule has 0 saturated carbocycles. The molecule has 4 N–H and O–H groups in total. The van der Waals surface area contributed by atoms with Crippen LogP contribution in [0, 0.1) is 11.2 Å². The number of para-hydroxylation sites is 1. The van der Waals surface area contributed by atoms with Crippen molar-refractivity contribution in [3.05, 3.63) is 113 Å². The first-order valence-electron chi connectivity index (χ1n) is 10.8. The molecule has 188 valence electrons. The Morgan fingerprint density at radius 3 is 2.35 bits per heavy atom. The number of nitrogens with one attached hydrogen (secondary N) is 3. The van der Waals surface area contributed by atoms with Crippen molar-refractivity contribution in [2.24, 2.45) is 0 Å². The van der Waals surface area contributed by atoms with E-state index in [0.717, 1.165) is 6.07 Å². The molecule has 0 radical (unpaired) electrons. The first-order valence-corrected chi connectivity index (χ1v) is 10.8. The van der Waals surface area contributed by atoms with Crippen LogP contribution in [0.25, 0.3) is 11.4 Å². The van der Waals surface area contributed by atoms with E-state index in [2.05, 4.69) is 20.6 Å². The number of hydrogen-bond donors (Lipinski definition) is 4. The molecule has 0 aliphatic heterocycles. The number of benzene rings is 2. The monoisotopic (exact) mass is 509 g/mol. The number of aromatic nitrogens is 2. The molecule has 1 aliphatic rings. The number of rotatable bonds is 6. The molecule has 37 heavy (non-hydrogen) atoms. The van der Waals surface area contributed by atoms with Crippen molar-refractivity contribution < 1.29 is 27.5 Å². The average molecular weight is 509 g/mol. The molecule has 0 fully saturated rings. The minimum atomic E-state index is -4.93. The predicted octanol–water partition coefficient (Wildman–Crippen LogP) is 4.86. The lowest BCUT2D eigenvalue weighted by Crippen LogP contribution is -2.31. The Kier molecular flexibility index (Phi) is 7.25. The van der Waals surface area contributed by atoms with E-state index in [1.54, 1.807) is 30.3 Å². The molecule has 1 aromatic heterocycles. The molecule has 0 unspecified atom stereocenters. The highest BCUT2D eigenvalue weighted by Crippen LogP contribution is 2.37. The third-order valence-corrected chi connectivity index (χ3v) is 5.28. The molecule has 1 aliphatic carbocycles. The fraction of sp³-hybridized carbons (Fsp3) is 0.0769. The number of amides is 1. The smallest absolute Gasteiger partial charge is 0.392 e. The Morgan fingerprint density at radius 2 is 1.73 bits per heavy atom. The average Bonchev–Trinajstić information content (AvgIpc) is 2.88. The third kappa shape index (κ3) is 5.78. The van der Waals surface area contributed by atoms with Gasteiger partial charge in [-0.1, -0.05) is 24.3 Å². The zero-order valence-electron chi connectivity index (χ0n) is 19.0. The Balaban J connectivity index is 1.77. The molecular formula is C26H19F4N5O2. The minimum absolute atomic E-state index is 0.0116. The van der Waals surface area contributed by atoms with Gasteiger partial charge in [-0.3, -0.25) is 4.79 Å². The van der Waals surface area contributed by atoms with E-state index >= 15 is 0 Å². The van der Waals surface area contributed by atoms with Gasteiger partial charge in [0.1, 0.15) is 11.6 Å². The maximum atomic E-state index is 14.9. The number of anilines is 1. The summed E-state index contributed by atoms with van der Waals surface area (Å²) in [7, 11) is 0. The number of aliphatic hydroxyl groups excluding tert-OH is 1. The highest BCUT2D eigenvalue weighted by Gasteiger charge is 2.36. The third-order valence-electron chi connectivity index (χ3n) is 5.28. The summed E-state index contributed by atoms with van der Waals surface area (Å²) in [5.74, 6) is -2.80. The second kappa shape index (κ2) is 10.5. The van der Waals surface area contributed by atoms with Crippen molar-refractivity contribution in [2.45, 2.75) is 6.18 Å². The van der Waals surface area contributed by atoms with Gasteiger partial charge in [0, 0.05) is 29.2 Å². The summed E-state index contributed by atoms with van der Waals surface area (Å²) in [4.78, 5) is 20.8. The summed E-state index contributed by atoms with van der Waals surface area (Å²) in [6.45, 7) is -0.304. The molecule has 0 saturated heterocycles. The zero-order chi connectivity index (χ0) is 26.6. The van der Waals surface area contributed by atoms with Crippen LogP contribution >= 0.6 is 0 Å². The molecule has 11 heteroatoms. The van der Waals surface area contributed by atoms with Gasteiger partial charge in [0.25, 0.3) is 5.91 Å². The Bertz CT molecular complexity index is 1430. The number of carbonyl (C=O) groups excluding carboxylic acids is 1. The fourth-order valence-electron chi connectivity index (χ4n) is 3.53. The van der Waals surface area contributed by atoms with Crippen molar-refractivity contribution in [3.63, 3.8) is 0 Å². The lowest BCUT2D eigenvalue weighted by atomic mass is 9.99. The summed E-state index contributed by atoms with van der Waals surface area (Å²) in [5, 5.41) is 23.1. The Morgan fingerprint density at radius 1 is 1.03 bits per heavy atom. The summed E-state index contributed by atoms with van der Waals surface area (Å²) >= 11 is 0. The molecule has 1 amide bonds. The van der Waals surface area contributed by atoms with Crippen LogP contribution in [0.2, 0.25) is 0 Å². The highest BCUT2D eigenvalue weighted by molar-refractivity contribution is 6.11. The van der Waals surface area contributed by atoms with E-state index in [1.165, 1.54) is 36.7 Å². The molecular weight excluding hydrogens is 490 g/mol. The van der Waals surface area contributed by atoms with Crippen molar-refractivity contribution in [1.29, 1.82) is 5.41 Å². The van der Waals surface area contributed by atoms with Crippen LogP contribution in [-0.4, -0.2) is 33.3 Å². The van der Waals surface area contributed by atoms with Crippen molar-refractivity contribution in [2.75, 3.05) is 11.9 Å². The van der Waals surface area contributed by atoms with E-state index in [-0.39, 0.29) is 35.6 Å². The lowest BCUT2D eigenvalue weighted by Gasteiger charge is -2.19. The second-order valence-corrected chi connectivity index (χ2v) is 7.81. The van der Waals surface area contributed by atoms with Crippen molar-refractivity contribution in [1.82, 2.24) is 15.3 Å². The second-order valence-electron chi connectivity index (χ2n) is 7.81. The standard InChI is InChI=1S/C26H19F4N5O2/c27-21-13-20(26(28,29)30)18(23-32-9-4-10-33-23)12-19(21)25(37)35-24(34-16-5-2-1-3-6-16)17-8-7-15(14-36)11-22(17)31/h1-13,31,34,36H,14H2,(H,35,37)/b24-17+,31-22?. The summed E-state index contributed by atoms with van der Waals surface area (Å²) < 4.78 is 55.8. The highest BCUT2D eigenvalue weighted by atomic mass is 19.4. The maximum Gasteiger partial charge on any atom is 0.417 e. The van der Waals surface area contributed by atoms with Gasteiger partial charge in [-0.25, -0.2) is 14.4 Å². The zero-order valence-corrected chi connectivity index (χ0v) is 19.0. The van der Waals surface area contributed by atoms with Gasteiger partial charge in [-0.05, 0) is 48.1 Å². The normalized spacial score (nSPS) is 14.7. The predicted molar refractivity (Wildman–Crippen MR) is 129 cm³/mol.